The number of azide groups is 1. The van der Waals surface area contributed by atoms with E-state index in [-0.39, 0.29) is 23.0 Å². The van der Waals surface area contributed by atoms with Crippen molar-refractivity contribution in [2.24, 2.45) is 5.11 Å². The van der Waals surface area contributed by atoms with Crippen LogP contribution in [-0.4, -0.2) is 19.0 Å². The molecule has 106 valence electrons. The van der Waals surface area contributed by atoms with Crippen molar-refractivity contribution in [3.8, 4) is 11.7 Å². The third-order valence-corrected chi connectivity index (χ3v) is 2.43. The molecule has 1 heterocycles. The fourth-order valence-corrected chi connectivity index (χ4v) is 1.52. The van der Waals surface area contributed by atoms with Crippen molar-refractivity contribution >= 4 is 11.9 Å². The van der Waals surface area contributed by atoms with Gasteiger partial charge in [0.25, 0.3) is 11.9 Å². The van der Waals surface area contributed by atoms with E-state index in [2.05, 4.69) is 14.8 Å². The summed E-state index contributed by atoms with van der Waals surface area (Å²) in [6, 6.07) is 8.94. The summed E-state index contributed by atoms with van der Waals surface area (Å²) in [4.78, 5) is 25.3. The Labute approximate surface area is 118 Å². The summed E-state index contributed by atoms with van der Waals surface area (Å²) in [5.74, 6) is -1.33. The highest BCUT2D eigenvalue weighted by atomic mass is 16.6. The molecule has 8 heteroatoms. The first-order valence-electron chi connectivity index (χ1n) is 5.70. The molecular formula is C13H9N3O5. The molecule has 0 aliphatic carbocycles. The lowest BCUT2D eigenvalue weighted by molar-refractivity contribution is 0.0559. The van der Waals surface area contributed by atoms with Crippen molar-refractivity contribution < 1.29 is 23.5 Å². The number of para-hydroxylation sites is 1. The van der Waals surface area contributed by atoms with E-state index in [9.17, 15) is 9.59 Å². The number of rotatable bonds is 4. The molecule has 1 aromatic carbocycles. The standard InChI is InChI=1S/C13H9N3O5/c1-19-13(18)10-6-7-11(21-10)20-9-5-3-2-4-8(9)12(17)15-16-14/h2-7H,1H3. The van der Waals surface area contributed by atoms with Crippen molar-refractivity contribution in [3.63, 3.8) is 0 Å². The van der Waals surface area contributed by atoms with Gasteiger partial charge in [-0.2, -0.15) is 0 Å². The van der Waals surface area contributed by atoms with Gasteiger partial charge < -0.3 is 13.9 Å². The Morgan fingerprint density at radius 3 is 2.71 bits per heavy atom. The van der Waals surface area contributed by atoms with Gasteiger partial charge in [0.2, 0.25) is 5.76 Å². The highest BCUT2D eigenvalue weighted by Crippen LogP contribution is 2.27. The van der Waals surface area contributed by atoms with E-state index in [1.807, 2.05) is 0 Å². The zero-order valence-corrected chi connectivity index (χ0v) is 10.8. The molecule has 0 radical (unpaired) electrons. The van der Waals surface area contributed by atoms with Crippen molar-refractivity contribution in [2.75, 3.05) is 7.11 Å². The molecule has 2 rings (SSSR count). The maximum Gasteiger partial charge on any atom is 0.374 e. The summed E-state index contributed by atoms with van der Waals surface area (Å²) in [5, 5.41) is 3.00. The van der Waals surface area contributed by atoms with Gasteiger partial charge in [0.1, 0.15) is 5.75 Å². The van der Waals surface area contributed by atoms with Crippen LogP contribution in [0.4, 0.5) is 0 Å². The number of amides is 1. The van der Waals surface area contributed by atoms with Crippen LogP contribution in [-0.2, 0) is 4.74 Å². The average molecular weight is 287 g/mol. The minimum Gasteiger partial charge on any atom is -0.463 e. The Balaban J connectivity index is 2.27. The maximum absolute atomic E-state index is 11.6. The number of carbonyl (C=O) groups excluding carboxylic acids is 2. The van der Waals surface area contributed by atoms with Crippen molar-refractivity contribution in [1.82, 2.24) is 0 Å². The largest absolute Gasteiger partial charge is 0.463 e. The first kappa shape index (κ1) is 14.2. The van der Waals surface area contributed by atoms with E-state index < -0.39 is 11.9 Å². The Morgan fingerprint density at radius 2 is 2.00 bits per heavy atom. The third kappa shape index (κ3) is 3.20. The van der Waals surface area contributed by atoms with Crippen LogP contribution in [0.25, 0.3) is 10.4 Å². The number of furan rings is 1. The van der Waals surface area contributed by atoms with Gasteiger partial charge in [-0.05, 0) is 28.8 Å². The van der Waals surface area contributed by atoms with E-state index >= 15 is 0 Å². The number of hydrogen-bond donors (Lipinski definition) is 0. The van der Waals surface area contributed by atoms with Gasteiger partial charge in [-0.3, -0.25) is 4.79 Å². The molecular weight excluding hydrogens is 278 g/mol. The maximum atomic E-state index is 11.6. The van der Waals surface area contributed by atoms with Crippen LogP contribution in [0.15, 0.2) is 45.9 Å². The Morgan fingerprint density at radius 1 is 1.24 bits per heavy atom. The number of ether oxygens (including phenoxy) is 2. The Bertz CT molecular complexity index is 731. The van der Waals surface area contributed by atoms with Gasteiger partial charge in [0.15, 0.2) is 0 Å². The number of carbonyl (C=O) groups is 2. The second kappa shape index (κ2) is 6.27. The molecule has 0 aliphatic heterocycles. The van der Waals surface area contributed by atoms with E-state index in [0.717, 1.165) is 0 Å². The molecule has 0 aliphatic rings. The molecule has 1 aromatic heterocycles. The van der Waals surface area contributed by atoms with Crippen LogP contribution in [0, 0.1) is 0 Å². The first-order chi connectivity index (χ1) is 10.2. The number of benzene rings is 1. The minimum atomic E-state index is -0.784. The summed E-state index contributed by atoms with van der Waals surface area (Å²) in [6.45, 7) is 0. The van der Waals surface area contributed by atoms with Crippen LogP contribution in [0.5, 0.6) is 11.7 Å². The fraction of sp³-hybridized carbons (Fsp3) is 0.0769. The van der Waals surface area contributed by atoms with Gasteiger partial charge in [-0.1, -0.05) is 12.1 Å². The van der Waals surface area contributed by atoms with Crippen LogP contribution in [0.3, 0.4) is 0 Å². The summed E-state index contributed by atoms with van der Waals surface area (Å²) in [5.41, 5.74) is 8.37. The van der Waals surface area contributed by atoms with Crippen molar-refractivity contribution in [3.05, 3.63) is 58.2 Å². The quantitative estimate of drug-likeness (QED) is 0.370. The molecule has 21 heavy (non-hydrogen) atoms. The Hall–Kier alpha value is -3.25. The summed E-state index contributed by atoms with van der Waals surface area (Å²) in [6.07, 6.45) is 0. The summed E-state index contributed by atoms with van der Waals surface area (Å²) in [7, 11) is 1.22. The second-order valence-electron chi connectivity index (χ2n) is 3.70. The summed E-state index contributed by atoms with van der Waals surface area (Å²) < 4.78 is 15.0. The highest BCUT2D eigenvalue weighted by molar-refractivity contribution is 5.97. The number of nitrogens with zero attached hydrogens (tertiary/aromatic N) is 3. The monoisotopic (exact) mass is 287 g/mol. The molecule has 0 fully saturated rings. The van der Waals surface area contributed by atoms with E-state index in [1.165, 1.54) is 31.4 Å². The zero-order valence-electron chi connectivity index (χ0n) is 10.8. The summed E-state index contributed by atoms with van der Waals surface area (Å²) >= 11 is 0. The molecule has 0 atom stereocenters. The first-order valence-corrected chi connectivity index (χ1v) is 5.70. The lowest BCUT2D eigenvalue weighted by Gasteiger charge is -2.05. The van der Waals surface area contributed by atoms with Gasteiger partial charge in [0, 0.05) is 11.0 Å². The molecule has 0 N–H and O–H groups in total. The average Bonchev–Trinajstić information content (AvgIpc) is 2.96. The van der Waals surface area contributed by atoms with Crippen LogP contribution < -0.4 is 4.74 Å². The predicted octanol–water partition coefficient (Wildman–Crippen LogP) is 3.31. The van der Waals surface area contributed by atoms with Crippen LogP contribution in [0.1, 0.15) is 20.9 Å². The second-order valence-corrected chi connectivity index (χ2v) is 3.70. The molecule has 0 spiro atoms. The lowest BCUT2D eigenvalue weighted by Crippen LogP contribution is -1.98. The van der Waals surface area contributed by atoms with Gasteiger partial charge in [-0.25, -0.2) is 4.79 Å². The SMILES string of the molecule is COC(=O)c1ccc(Oc2ccccc2C(=O)N=[N+]=[N-])o1. The van der Waals surface area contributed by atoms with E-state index in [4.69, 9.17) is 14.7 Å². The molecule has 0 unspecified atom stereocenters. The topological polar surface area (TPSA) is 114 Å². The minimum absolute atomic E-state index is 0.00316. The van der Waals surface area contributed by atoms with Crippen LogP contribution >= 0.6 is 0 Å². The molecule has 0 bridgehead atoms. The highest BCUT2D eigenvalue weighted by Gasteiger charge is 2.15. The molecule has 8 nitrogen and oxygen atoms in total. The molecule has 1 amide bonds. The Kier molecular flexibility index (Phi) is 4.23. The van der Waals surface area contributed by atoms with Crippen LogP contribution in [0.2, 0.25) is 0 Å². The molecule has 0 saturated carbocycles. The zero-order chi connectivity index (χ0) is 15.2. The van der Waals surface area contributed by atoms with E-state index in [1.54, 1.807) is 12.1 Å². The van der Waals surface area contributed by atoms with Gasteiger partial charge >= 0.3 is 5.97 Å². The predicted molar refractivity (Wildman–Crippen MR) is 70.0 cm³/mol. The van der Waals surface area contributed by atoms with Crippen molar-refractivity contribution in [2.45, 2.75) is 0 Å². The fourth-order valence-electron chi connectivity index (χ4n) is 1.52. The molecule has 2 aromatic rings. The van der Waals surface area contributed by atoms with Crippen molar-refractivity contribution in [1.29, 1.82) is 0 Å². The normalized spacial score (nSPS) is 9.57. The smallest absolute Gasteiger partial charge is 0.374 e. The van der Waals surface area contributed by atoms with Gasteiger partial charge in [-0.15, -0.1) is 0 Å². The lowest BCUT2D eigenvalue weighted by atomic mass is 10.2. The number of esters is 1. The van der Waals surface area contributed by atoms with E-state index in [0.29, 0.717) is 0 Å². The number of hydrogen-bond acceptors (Lipinski definition) is 5. The molecule has 0 saturated heterocycles. The number of methoxy groups -OCH3 is 1. The third-order valence-electron chi connectivity index (χ3n) is 2.43. The van der Waals surface area contributed by atoms with Gasteiger partial charge in [0.05, 0.1) is 12.7 Å².